The number of esters is 1. The van der Waals surface area contributed by atoms with Crippen molar-refractivity contribution in [3.63, 3.8) is 0 Å². The number of alkyl carbamates (subject to hydrolysis) is 1. The lowest BCUT2D eigenvalue weighted by Gasteiger charge is -2.20. The second-order valence-corrected chi connectivity index (χ2v) is 11.0. The zero-order valence-electron chi connectivity index (χ0n) is 25.4. The molecule has 1 amide bonds. The fourth-order valence-electron chi connectivity index (χ4n) is 4.60. The average molecular weight is 603 g/mol. The lowest BCUT2D eigenvalue weighted by molar-refractivity contribution is -0.142. The summed E-state index contributed by atoms with van der Waals surface area (Å²) in [6.45, 7) is 7.42. The van der Waals surface area contributed by atoms with Crippen LogP contribution in [0.25, 0.3) is 22.1 Å². The van der Waals surface area contributed by atoms with Crippen molar-refractivity contribution in [2.24, 2.45) is 0 Å². The predicted octanol–water partition coefficient (Wildman–Crippen LogP) is 6.97. The number of rotatable bonds is 11. The summed E-state index contributed by atoms with van der Waals surface area (Å²) in [5, 5.41) is 12.7. The lowest BCUT2D eigenvalue weighted by atomic mass is 9.98. The van der Waals surface area contributed by atoms with Gasteiger partial charge in [-0.2, -0.15) is 5.26 Å². The van der Waals surface area contributed by atoms with E-state index < -0.39 is 23.5 Å². The summed E-state index contributed by atoms with van der Waals surface area (Å²) < 4.78 is 43.8. The number of nitrogens with zero attached hydrogens (tertiary/aromatic N) is 1. The molecule has 0 aliphatic rings. The summed E-state index contributed by atoms with van der Waals surface area (Å²) in [5.74, 6) is -0.00626. The van der Waals surface area contributed by atoms with E-state index in [4.69, 9.17) is 23.4 Å². The summed E-state index contributed by atoms with van der Waals surface area (Å²) in [6.07, 6.45) is -0.668. The molecule has 4 aromatic rings. The molecule has 0 spiro atoms. The monoisotopic (exact) mass is 602 g/mol. The van der Waals surface area contributed by atoms with Crippen LogP contribution in [-0.4, -0.2) is 31.4 Å². The maximum absolute atomic E-state index is 16.0. The van der Waals surface area contributed by atoms with Crippen molar-refractivity contribution < 1.29 is 37.3 Å². The zero-order valence-corrected chi connectivity index (χ0v) is 25.4. The van der Waals surface area contributed by atoms with Crippen molar-refractivity contribution >= 4 is 23.0 Å². The molecule has 3 aromatic carbocycles. The van der Waals surface area contributed by atoms with Gasteiger partial charge in [0.25, 0.3) is 0 Å². The van der Waals surface area contributed by atoms with Gasteiger partial charge in [0.05, 0.1) is 24.7 Å². The number of nitrogens with one attached hydrogen (secondary N) is 1. The van der Waals surface area contributed by atoms with E-state index in [1.165, 1.54) is 0 Å². The topological polar surface area (TPSA) is 120 Å². The van der Waals surface area contributed by atoms with Crippen molar-refractivity contribution in [2.75, 3.05) is 13.7 Å². The molecule has 9 nitrogen and oxygen atoms in total. The number of fused-ring (bicyclic) bond motifs is 1. The number of hydrogen-bond donors (Lipinski definition) is 1. The smallest absolute Gasteiger partial charge is 0.407 e. The van der Waals surface area contributed by atoms with Crippen LogP contribution in [0.15, 0.2) is 59.0 Å². The molecule has 4 rings (SSSR count). The van der Waals surface area contributed by atoms with Gasteiger partial charge in [0.15, 0.2) is 0 Å². The minimum Gasteiger partial charge on any atom is -0.489 e. The number of furan rings is 1. The van der Waals surface area contributed by atoms with Gasteiger partial charge in [0.1, 0.15) is 41.7 Å². The van der Waals surface area contributed by atoms with E-state index in [-0.39, 0.29) is 43.9 Å². The number of ether oxygens (including phenoxy) is 4. The summed E-state index contributed by atoms with van der Waals surface area (Å²) in [6, 6.07) is 17.3. The van der Waals surface area contributed by atoms with Crippen LogP contribution in [0, 0.1) is 17.1 Å². The fraction of sp³-hybridized carbons (Fsp3) is 0.324. The van der Waals surface area contributed by atoms with Gasteiger partial charge in [0, 0.05) is 41.3 Å². The third-order valence-corrected chi connectivity index (χ3v) is 6.44. The average Bonchev–Trinajstić information content (AvgIpc) is 3.37. The Morgan fingerprint density at radius 3 is 2.52 bits per heavy atom. The molecule has 0 atom stereocenters. The van der Waals surface area contributed by atoms with Crippen LogP contribution in [0.1, 0.15) is 55.7 Å². The first kappa shape index (κ1) is 32.0. The molecule has 10 heteroatoms. The molecule has 1 N–H and O–H groups in total. The first-order valence-corrected chi connectivity index (χ1v) is 14.1. The van der Waals surface area contributed by atoms with E-state index in [2.05, 4.69) is 11.4 Å². The Bertz CT molecular complexity index is 1700. The maximum atomic E-state index is 16.0. The van der Waals surface area contributed by atoms with Crippen molar-refractivity contribution in [1.82, 2.24) is 5.32 Å². The summed E-state index contributed by atoms with van der Waals surface area (Å²) >= 11 is 0. The molecule has 0 fully saturated rings. The van der Waals surface area contributed by atoms with Crippen molar-refractivity contribution in [3.05, 3.63) is 88.4 Å². The highest BCUT2D eigenvalue weighted by atomic mass is 19.1. The summed E-state index contributed by atoms with van der Waals surface area (Å²) in [4.78, 5) is 24.4. The first-order chi connectivity index (χ1) is 21.0. The third kappa shape index (κ3) is 8.14. The van der Waals surface area contributed by atoms with Crippen molar-refractivity contribution in [3.8, 4) is 22.9 Å². The molecule has 0 aliphatic heterocycles. The number of methoxy groups -OCH3 is 1. The van der Waals surface area contributed by atoms with Gasteiger partial charge in [0.2, 0.25) is 0 Å². The van der Waals surface area contributed by atoms with Gasteiger partial charge in [-0.1, -0.05) is 24.3 Å². The van der Waals surface area contributed by atoms with E-state index >= 15 is 4.39 Å². The Hall–Kier alpha value is -4.88. The Labute approximate surface area is 255 Å². The Kier molecular flexibility index (Phi) is 10.2. The van der Waals surface area contributed by atoms with E-state index in [0.717, 1.165) is 0 Å². The van der Waals surface area contributed by atoms with E-state index in [9.17, 15) is 14.9 Å². The summed E-state index contributed by atoms with van der Waals surface area (Å²) in [5.41, 5.74) is 2.44. The van der Waals surface area contributed by atoms with Crippen LogP contribution in [0.3, 0.4) is 0 Å². The molecule has 0 unspecified atom stereocenters. The number of benzene rings is 3. The van der Waals surface area contributed by atoms with Gasteiger partial charge in [-0.05, 0) is 63.6 Å². The van der Waals surface area contributed by atoms with Crippen molar-refractivity contribution in [2.45, 2.75) is 59.5 Å². The molecular formula is C34H35FN2O7. The number of amides is 1. The minimum atomic E-state index is -0.687. The Morgan fingerprint density at radius 1 is 1.02 bits per heavy atom. The summed E-state index contributed by atoms with van der Waals surface area (Å²) in [7, 11) is 1.55. The SMILES string of the molecule is CCOC(=O)Cc1ccc(C#N)cc1OCc1cc(-c2cccc(CNC(=O)OC(C)(C)C)c2F)c2oc(COC)cc2c1. The van der Waals surface area contributed by atoms with E-state index in [1.54, 1.807) is 77.3 Å². The lowest BCUT2D eigenvalue weighted by Crippen LogP contribution is -2.32. The molecule has 0 saturated heterocycles. The predicted molar refractivity (Wildman–Crippen MR) is 161 cm³/mol. The minimum absolute atomic E-state index is 0.0173. The van der Waals surface area contributed by atoms with Gasteiger partial charge in [-0.25, -0.2) is 9.18 Å². The number of halogens is 1. The normalized spacial score (nSPS) is 11.2. The third-order valence-electron chi connectivity index (χ3n) is 6.44. The Morgan fingerprint density at radius 2 is 1.82 bits per heavy atom. The Balaban J connectivity index is 1.69. The van der Waals surface area contributed by atoms with Crippen LogP contribution in [0.4, 0.5) is 9.18 Å². The molecule has 0 radical (unpaired) electrons. The molecule has 1 aromatic heterocycles. The zero-order chi connectivity index (χ0) is 31.9. The van der Waals surface area contributed by atoms with Crippen LogP contribution in [-0.2, 0) is 45.2 Å². The van der Waals surface area contributed by atoms with Gasteiger partial charge >= 0.3 is 12.1 Å². The van der Waals surface area contributed by atoms with Crippen LogP contribution in [0.2, 0.25) is 0 Å². The first-order valence-electron chi connectivity index (χ1n) is 14.1. The maximum Gasteiger partial charge on any atom is 0.407 e. The number of hydrogen-bond acceptors (Lipinski definition) is 8. The molecule has 0 bridgehead atoms. The second-order valence-electron chi connectivity index (χ2n) is 11.0. The van der Waals surface area contributed by atoms with Gasteiger partial charge in [-0.3, -0.25) is 4.79 Å². The molecule has 1 heterocycles. The van der Waals surface area contributed by atoms with Crippen LogP contribution >= 0.6 is 0 Å². The number of carbonyl (C=O) groups is 2. The molecule has 230 valence electrons. The van der Waals surface area contributed by atoms with E-state index in [1.807, 2.05) is 12.1 Å². The van der Waals surface area contributed by atoms with Crippen LogP contribution in [0.5, 0.6) is 5.75 Å². The van der Waals surface area contributed by atoms with Crippen molar-refractivity contribution in [1.29, 1.82) is 5.26 Å². The van der Waals surface area contributed by atoms with Gasteiger partial charge < -0.3 is 28.7 Å². The highest BCUT2D eigenvalue weighted by Crippen LogP contribution is 2.36. The number of nitriles is 1. The number of carbonyl (C=O) groups excluding carboxylic acids is 2. The molecule has 44 heavy (non-hydrogen) atoms. The highest BCUT2D eigenvalue weighted by molar-refractivity contribution is 5.94. The second kappa shape index (κ2) is 14.1. The highest BCUT2D eigenvalue weighted by Gasteiger charge is 2.20. The van der Waals surface area contributed by atoms with E-state index in [0.29, 0.717) is 44.7 Å². The quantitative estimate of drug-likeness (QED) is 0.183. The van der Waals surface area contributed by atoms with Crippen LogP contribution < -0.4 is 10.1 Å². The molecule has 0 aliphatic carbocycles. The fourth-order valence-corrected chi connectivity index (χ4v) is 4.60. The van der Waals surface area contributed by atoms with Gasteiger partial charge in [-0.15, -0.1) is 0 Å². The largest absolute Gasteiger partial charge is 0.489 e. The molecule has 0 saturated carbocycles. The standard InChI is InChI=1S/C34H35FN2O7/c1-6-41-30(38)16-23-11-10-21(17-36)14-29(23)42-19-22-12-25-15-26(20-40-5)43-32(25)28(13-22)27-9-7-8-24(31(27)35)18-37-33(39)44-34(2,3)4/h7-15H,6,16,18-20H2,1-5H3,(H,37,39). The molecular weight excluding hydrogens is 567 g/mol.